The lowest BCUT2D eigenvalue weighted by molar-refractivity contribution is 0.0182. The number of nitrogens with zero attached hydrogens (tertiary/aromatic N) is 2. The summed E-state index contributed by atoms with van der Waals surface area (Å²) in [5, 5.41) is 1.04. The molecule has 1 aliphatic heterocycles. The number of carbonyl (C=O) groups excluding carboxylic acids is 2. The molecule has 1 amide bonds. The second-order valence-corrected chi connectivity index (χ2v) is 10.7. The molecule has 1 aromatic heterocycles. The Kier molecular flexibility index (Phi) is 7.01. The van der Waals surface area contributed by atoms with E-state index in [4.69, 9.17) is 9.47 Å². The second-order valence-electron chi connectivity index (χ2n) is 10.7. The molecule has 1 aromatic carbocycles. The Morgan fingerprint density at radius 2 is 1.70 bits per heavy atom. The monoisotopic (exact) mass is 454 g/mol. The minimum atomic E-state index is -0.508. The van der Waals surface area contributed by atoms with Gasteiger partial charge in [-0.3, -0.25) is 4.79 Å². The van der Waals surface area contributed by atoms with Gasteiger partial charge in [0.25, 0.3) is 0 Å². The van der Waals surface area contributed by atoms with Crippen LogP contribution in [0.3, 0.4) is 0 Å². The highest BCUT2D eigenvalue weighted by molar-refractivity contribution is 6.01. The molecule has 1 saturated heterocycles. The Hall–Kier alpha value is -2.50. The molecule has 0 unspecified atom stereocenters. The van der Waals surface area contributed by atoms with E-state index in [-0.39, 0.29) is 17.8 Å². The Bertz CT molecular complexity index is 989. The van der Waals surface area contributed by atoms with Crippen molar-refractivity contribution in [1.82, 2.24) is 9.47 Å². The first kappa shape index (κ1) is 23.7. The highest BCUT2D eigenvalue weighted by atomic mass is 16.6. The lowest BCUT2D eigenvalue weighted by atomic mass is 9.90. The molecular formula is C27H38N2O4. The zero-order valence-corrected chi connectivity index (χ0v) is 20.6. The molecule has 180 valence electrons. The van der Waals surface area contributed by atoms with Crippen molar-refractivity contribution in [2.75, 3.05) is 19.7 Å². The minimum Gasteiger partial charge on any atom is -0.493 e. The van der Waals surface area contributed by atoms with Crippen LogP contribution in [0.25, 0.3) is 10.9 Å². The first-order valence-electron chi connectivity index (χ1n) is 12.5. The summed E-state index contributed by atoms with van der Waals surface area (Å²) in [4.78, 5) is 27.4. The van der Waals surface area contributed by atoms with E-state index < -0.39 is 5.60 Å². The number of hydrogen-bond acceptors (Lipinski definition) is 4. The smallest absolute Gasteiger partial charge is 0.410 e. The van der Waals surface area contributed by atoms with Gasteiger partial charge in [0.1, 0.15) is 11.4 Å². The third-order valence-electron chi connectivity index (χ3n) is 6.99. The standard InChI is InChI=1S/C27H38N2O4/c1-27(2,3)33-26(31)29-14-12-20(13-15-29)25(30)24-17-21-16-22(10-11-23(21)28(24)4)32-18-19-8-6-5-7-9-19/h10-11,16-17,19-20H,5-9,12-15,18H2,1-4H3. The molecule has 33 heavy (non-hydrogen) atoms. The molecule has 2 fully saturated rings. The third kappa shape index (κ3) is 5.71. The van der Waals surface area contributed by atoms with E-state index in [1.165, 1.54) is 32.1 Å². The summed E-state index contributed by atoms with van der Waals surface area (Å²) in [6.07, 6.45) is 7.53. The highest BCUT2D eigenvalue weighted by Gasteiger charge is 2.31. The van der Waals surface area contributed by atoms with Crippen molar-refractivity contribution in [3.8, 4) is 5.75 Å². The second kappa shape index (κ2) is 9.78. The Labute approximate surface area is 197 Å². The quantitative estimate of drug-likeness (QED) is 0.523. The van der Waals surface area contributed by atoms with Crippen LogP contribution in [-0.4, -0.2) is 46.6 Å². The van der Waals surface area contributed by atoms with E-state index in [2.05, 4.69) is 6.07 Å². The minimum absolute atomic E-state index is 0.0753. The summed E-state index contributed by atoms with van der Waals surface area (Å²) in [5.74, 6) is 1.62. The first-order chi connectivity index (χ1) is 15.7. The summed E-state index contributed by atoms with van der Waals surface area (Å²) in [7, 11) is 1.95. The lowest BCUT2D eigenvalue weighted by Gasteiger charge is -2.32. The summed E-state index contributed by atoms with van der Waals surface area (Å²) < 4.78 is 13.6. The summed E-state index contributed by atoms with van der Waals surface area (Å²) >= 11 is 0. The number of aromatic nitrogens is 1. The molecule has 0 spiro atoms. The largest absolute Gasteiger partial charge is 0.493 e. The van der Waals surface area contributed by atoms with Gasteiger partial charge in [0.15, 0.2) is 5.78 Å². The van der Waals surface area contributed by atoms with E-state index in [1.54, 1.807) is 4.90 Å². The molecule has 2 aliphatic rings. The van der Waals surface area contributed by atoms with Gasteiger partial charge >= 0.3 is 6.09 Å². The van der Waals surface area contributed by atoms with Gasteiger partial charge in [-0.15, -0.1) is 0 Å². The average Bonchev–Trinajstić information content (AvgIpc) is 3.12. The van der Waals surface area contributed by atoms with Gasteiger partial charge in [-0.1, -0.05) is 19.3 Å². The van der Waals surface area contributed by atoms with E-state index in [0.717, 1.165) is 29.0 Å². The zero-order valence-electron chi connectivity index (χ0n) is 20.6. The molecule has 0 bridgehead atoms. The molecule has 2 heterocycles. The maximum absolute atomic E-state index is 13.3. The van der Waals surface area contributed by atoms with Crippen molar-refractivity contribution >= 4 is 22.8 Å². The van der Waals surface area contributed by atoms with Crippen LogP contribution < -0.4 is 4.74 Å². The molecule has 6 nitrogen and oxygen atoms in total. The van der Waals surface area contributed by atoms with Gasteiger partial charge in [0.2, 0.25) is 0 Å². The van der Waals surface area contributed by atoms with Crippen molar-refractivity contribution in [2.24, 2.45) is 18.9 Å². The number of carbonyl (C=O) groups is 2. The fourth-order valence-corrected chi connectivity index (χ4v) is 5.08. The van der Waals surface area contributed by atoms with Crippen molar-refractivity contribution in [3.63, 3.8) is 0 Å². The molecular weight excluding hydrogens is 416 g/mol. The van der Waals surface area contributed by atoms with E-state index in [0.29, 0.717) is 31.8 Å². The molecule has 4 rings (SSSR count). The number of benzene rings is 1. The van der Waals surface area contributed by atoms with Crippen molar-refractivity contribution < 1.29 is 19.1 Å². The SMILES string of the molecule is Cn1c(C(=O)C2CCN(C(=O)OC(C)(C)C)CC2)cc2cc(OCC3CCCCC3)ccc21. The number of likely N-dealkylation sites (tertiary alicyclic amines) is 1. The van der Waals surface area contributed by atoms with Crippen molar-refractivity contribution in [2.45, 2.75) is 71.3 Å². The number of Topliss-reactive ketones (excluding diaryl/α,β-unsaturated/α-hetero) is 1. The summed E-state index contributed by atoms with van der Waals surface area (Å²) in [6, 6.07) is 8.11. The fourth-order valence-electron chi connectivity index (χ4n) is 5.08. The molecule has 2 aromatic rings. The van der Waals surface area contributed by atoms with E-state index in [1.807, 2.05) is 50.6 Å². The highest BCUT2D eigenvalue weighted by Crippen LogP contribution is 2.30. The maximum atomic E-state index is 13.3. The van der Waals surface area contributed by atoms with Gasteiger partial charge in [-0.05, 0) is 76.6 Å². The van der Waals surface area contributed by atoms with Crippen LogP contribution in [0, 0.1) is 11.8 Å². The van der Waals surface area contributed by atoms with Gasteiger partial charge < -0.3 is 18.9 Å². The first-order valence-corrected chi connectivity index (χ1v) is 12.5. The van der Waals surface area contributed by atoms with Crippen LogP contribution in [0.4, 0.5) is 4.79 Å². The predicted octanol–water partition coefficient (Wildman–Crippen LogP) is 5.97. The van der Waals surface area contributed by atoms with Crippen LogP contribution in [-0.2, 0) is 11.8 Å². The van der Waals surface area contributed by atoms with Crippen LogP contribution in [0.15, 0.2) is 24.3 Å². The summed E-state index contributed by atoms with van der Waals surface area (Å²) in [5.41, 5.74) is 1.26. The number of amides is 1. The molecule has 0 radical (unpaired) electrons. The molecule has 1 aliphatic carbocycles. The molecule has 0 atom stereocenters. The lowest BCUT2D eigenvalue weighted by Crippen LogP contribution is -2.43. The average molecular weight is 455 g/mol. The van der Waals surface area contributed by atoms with E-state index in [9.17, 15) is 9.59 Å². The van der Waals surface area contributed by atoms with Crippen molar-refractivity contribution in [3.05, 3.63) is 30.0 Å². The third-order valence-corrected chi connectivity index (χ3v) is 6.99. The van der Waals surface area contributed by atoms with E-state index >= 15 is 0 Å². The van der Waals surface area contributed by atoms with Gasteiger partial charge in [-0.25, -0.2) is 4.79 Å². The molecule has 6 heteroatoms. The van der Waals surface area contributed by atoms with Crippen LogP contribution in [0.5, 0.6) is 5.75 Å². The molecule has 0 N–H and O–H groups in total. The normalized spacial score (nSPS) is 18.5. The number of aryl methyl sites for hydroxylation is 1. The predicted molar refractivity (Wildman–Crippen MR) is 130 cm³/mol. The van der Waals surface area contributed by atoms with Crippen LogP contribution in [0.2, 0.25) is 0 Å². The van der Waals surface area contributed by atoms with Crippen LogP contribution >= 0.6 is 0 Å². The number of piperidine rings is 1. The Balaban J connectivity index is 1.39. The Morgan fingerprint density at radius 3 is 2.36 bits per heavy atom. The van der Waals surface area contributed by atoms with Gasteiger partial charge in [0.05, 0.1) is 12.3 Å². The molecule has 1 saturated carbocycles. The topological polar surface area (TPSA) is 60.8 Å². The number of ketones is 1. The zero-order chi connectivity index (χ0) is 23.6. The maximum Gasteiger partial charge on any atom is 0.410 e. The van der Waals surface area contributed by atoms with Gasteiger partial charge in [-0.2, -0.15) is 0 Å². The van der Waals surface area contributed by atoms with Crippen molar-refractivity contribution in [1.29, 1.82) is 0 Å². The van der Waals surface area contributed by atoms with Gasteiger partial charge in [0, 0.05) is 37.0 Å². The number of hydrogen-bond donors (Lipinski definition) is 0. The number of ether oxygens (including phenoxy) is 2. The van der Waals surface area contributed by atoms with Crippen LogP contribution in [0.1, 0.15) is 76.2 Å². The Morgan fingerprint density at radius 1 is 1.00 bits per heavy atom. The fraction of sp³-hybridized carbons (Fsp3) is 0.630. The number of fused-ring (bicyclic) bond motifs is 1. The summed E-state index contributed by atoms with van der Waals surface area (Å²) in [6.45, 7) is 7.48. The number of rotatable bonds is 5.